The van der Waals surface area contributed by atoms with Gasteiger partial charge in [0.05, 0.1) is 6.54 Å². The number of thiophene rings is 1. The van der Waals surface area contributed by atoms with Crippen LogP contribution in [-0.4, -0.2) is 61.0 Å². The molecule has 154 valence electrons. The molecule has 1 fully saturated rings. The van der Waals surface area contributed by atoms with Gasteiger partial charge in [0.2, 0.25) is 5.91 Å². The highest BCUT2D eigenvalue weighted by molar-refractivity contribution is 7.10. The Morgan fingerprint density at radius 2 is 1.83 bits per heavy atom. The Hall–Kier alpha value is -2.54. The van der Waals surface area contributed by atoms with Crippen molar-refractivity contribution in [1.29, 1.82) is 0 Å². The molecule has 1 aromatic carbocycles. The first kappa shape index (κ1) is 19.8. The van der Waals surface area contributed by atoms with Gasteiger partial charge in [-0.3, -0.25) is 4.79 Å². The van der Waals surface area contributed by atoms with Gasteiger partial charge in [0, 0.05) is 49.8 Å². The molecule has 3 heterocycles. The summed E-state index contributed by atoms with van der Waals surface area (Å²) in [6, 6.07) is 10.5. The summed E-state index contributed by atoms with van der Waals surface area (Å²) >= 11 is 1.76. The Balaban J connectivity index is 1.25. The number of aryl methyl sites for hydroxylation is 1. The monoisotopic (exact) mass is 412 g/mol. The maximum Gasteiger partial charge on any atom is 0.317 e. The summed E-state index contributed by atoms with van der Waals surface area (Å²) in [6.07, 6.45) is 1.83. The summed E-state index contributed by atoms with van der Waals surface area (Å²) in [5.74, 6) is -0.00805. The number of nitrogens with one attached hydrogen (secondary N) is 1. The van der Waals surface area contributed by atoms with E-state index in [1.807, 2.05) is 9.80 Å². The third-order valence-electron chi connectivity index (χ3n) is 5.73. The van der Waals surface area contributed by atoms with Crippen LogP contribution < -0.4 is 10.2 Å². The smallest absolute Gasteiger partial charge is 0.317 e. The Kier molecular flexibility index (Phi) is 6.04. The van der Waals surface area contributed by atoms with E-state index < -0.39 is 0 Å². The van der Waals surface area contributed by atoms with Crippen molar-refractivity contribution in [3.05, 3.63) is 51.7 Å². The normalized spacial score (nSPS) is 16.9. The highest BCUT2D eigenvalue weighted by Gasteiger charge is 2.23. The highest BCUT2D eigenvalue weighted by atomic mass is 32.1. The molecule has 6 nitrogen and oxygen atoms in total. The molecule has 0 atom stereocenters. The van der Waals surface area contributed by atoms with Gasteiger partial charge in [-0.05, 0) is 48.9 Å². The summed E-state index contributed by atoms with van der Waals surface area (Å²) in [6.45, 7) is 6.65. The van der Waals surface area contributed by atoms with E-state index in [9.17, 15) is 9.59 Å². The summed E-state index contributed by atoms with van der Waals surface area (Å²) < 4.78 is 0. The molecule has 2 aliphatic rings. The lowest BCUT2D eigenvalue weighted by Crippen LogP contribution is -2.47. The van der Waals surface area contributed by atoms with Gasteiger partial charge in [-0.15, -0.1) is 11.3 Å². The first-order chi connectivity index (χ1) is 14.1. The Labute approximate surface area is 176 Å². The number of fused-ring (bicyclic) bond motifs is 1. The number of benzene rings is 1. The molecule has 4 rings (SSSR count). The second-order valence-corrected chi connectivity index (χ2v) is 8.76. The second kappa shape index (κ2) is 8.86. The molecular formula is C22H28N4O2S. The Bertz CT molecular complexity index is 864. The van der Waals surface area contributed by atoms with E-state index in [4.69, 9.17) is 0 Å². The van der Waals surface area contributed by atoms with Gasteiger partial charge in [-0.2, -0.15) is 0 Å². The van der Waals surface area contributed by atoms with E-state index in [0.29, 0.717) is 19.6 Å². The predicted molar refractivity (Wildman–Crippen MR) is 116 cm³/mol. The molecule has 0 bridgehead atoms. The number of nitrogens with zero attached hydrogens (tertiary/aromatic N) is 3. The van der Waals surface area contributed by atoms with Crippen molar-refractivity contribution < 1.29 is 9.59 Å². The summed E-state index contributed by atoms with van der Waals surface area (Å²) in [7, 11) is 0. The molecule has 29 heavy (non-hydrogen) atoms. The molecule has 1 aromatic heterocycles. The number of rotatable bonds is 3. The number of urea groups is 1. The van der Waals surface area contributed by atoms with Crippen molar-refractivity contribution in [3.8, 4) is 0 Å². The number of amides is 3. The van der Waals surface area contributed by atoms with Gasteiger partial charge in [0.15, 0.2) is 0 Å². The van der Waals surface area contributed by atoms with Crippen LogP contribution in [0.4, 0.5) is 10.5 Å². The average molecular weight is 413 g/mol. The van der Waals surface area contributed by atoms with Crippen LogP contribution in [0, 0.1) is 6.92 Å². The lowest BCUT2D eigenvalue weighted by Gasteiger charge is -2.28. The van der Waals surface area contributed by atoms with Crippen LogP contribution in [0.15, 0.2) is 35.7 Å². The molecule has 0 radical (unpaired) electrons. The maximum absolute atomic E-state index is 12.6. The number of anilines is 1. The van der Waals surface area contributed by atoms with E-state index in [1.54, 1.807) is 11.3 Å². The molecule has 7 heteroatoms. The molecule has 3 amide bonds. The standard InChI is InChI=1S/C22H28N4O2S/c1-17-3-5-19(6-4-17)24-9-2-10-25(13-12-24)22(28)23-15-21(27)26-11-7-20-18(16-26)8-14-29-20/h3-6,8,14H,2,7,9-13,15-16H2,1H3,(H,23,28). The number of hydrogen-bond acceptors (Lipinski definition) is 4. The number of hydrogen-bond donors (Lipinski definition) is 1. The van der Waals surface area contributed by atoms with Crippen LogP contribution >= 0.6 is 11.3 Å². The molecule has 0 unspecified atom stereocenters. The van der Waals surface area contributed by atoms with Crippen molar-refractivity contribution in [1.82, 2.24) is 15.1 Å². The zero-order valence-electron chi connectivity index (χ0n) is 16.9. The van der Waals surface area contributed by atoms with E-state index in [0.717, 1.165) is 32.5 Å². The second-order valence-electron chi connectivity index (χ2n) is 7.76. The van der Waals surface area contributed by atoms with Gasteiger partial charge in [0.1, 0.15) is 0 Å². The van der Waals surface area contributed by atoms with E-state index in [2.05, 4.69) is 52.9 Å². The highest BCUT2D eigenvalue weighted by Crippen LogP contribution is 2.24. The van der Waals surface area contributed by atoms with Gasteiger partial charge in [-0.25, -0.2) is 4.79 Å². The fourth-order valence-electron chi connectivity index (χ4n) is 3.97. The largest absolute Gasteiger partial charge is 0.370 e. The molecule has 1 saturated heterocycles. The van der Waals surface area contributed by atoms with Gasteiger partial charge in [0.25, 0.3) is 0 Å². The average Bonchev–Trinajstić information content (AvgIpc) is 3.07. The molecule has 1 N–H and O–H groups in total. The summed E-state index contributed by atoms with van der Waals surface area (Å²) in [4.78, 5) is 32.5. The van der Waals surface area contributed by atoms with E-state index in [1.165, 1.54) is 21.7 Å². The van der Waals surface area contributed by atoms with Crippen LogP contribution in [0.25, 0.3) is 0 Å². The van der Waals surface area contributed by atoms with Gasteiger partial charge in [-0.1, -0.05) is 17.7 Å². The number of carbonyl (C=O) groups excluding carboxylic acids is 2. The van der Waals surface area contributed by atoms with Gasteiger partial charge >= 0.3 is 6.03 Å². The van der Waals surface area contributed by atoms with Crippen molar-refractivity contribution in [2.45, 2.75) is 26.3 Å². The van der Waals surface area contributed by atoms with Crippen LogP contribution in [-0.2, 0) is 17.8 Å². The first-order valence-corrected chi connectivity index (χ1v) is 11.2. The van der Waals surface area contributed by atoms with E-state index in [-0.39, 0.29) is 18.5 Å². The molecule has 0 aliphatic carbocycles. The first-order valence-electron chi connectivity index (χ1n) is 10.3. The zero-order chi connectivity index (χ0) is 20.2. The zero-order valence-corrected chi connectivity index (χ0v) is 17.7. The number of carbonyl (C=O) groups is 2. The third kappa shape index (κ3) is 4.72. The van der Waals surface area contributed by atoms with Crippen LogP contribution in [0.2, 0.25) is 0 Å². The summed E-state index contributed by atoms with van der Waals surface area (Å²) in [5.41, 5.74) is 3.69. The van der Waals surface area contributed by atoms with Crippen molar-refractivity contribution in [2.75, 3.05) is 44.2 Å². The molecule has 0 spiro atoms. The fourth-order valence-corrected chi connectivity index (χ4v) is 4.86. The van der Waals surface area contributed by atoms with Crippen molar-refractivity contribution in [2.24, 2.45) is 0 Å². The lowest BCUT2D eigenvalue weighted by molar-refractivity contribution is -0.131. The van der Waals surface area contributed by atoms with Crippen LogP contribution in [0.1, 0.15) is 22.4 Å². The van der Waals surface area contributed by atoms with Crippen LogP contribution in [0.5, 0.6) is 0 Å². The predicted octanol–water partition coefficient (Wildman–Crippen LogP) is 2.86. The van der Waals surface area contributed by atoms with Gasteiger partial charge < -0.3 is 20.0 Å². The molecule has 2 aliphatic heterocycles. The molecule has 0 saturated carbocycles. The SMILES string of the molecule is Cc1ccc(N2CCCN(C(=O)NCC(=O)N3CCc4sccc4C3)CC2)cc1. The summed E-state index contributed by atoms with van der Waals surface area (Å²) in [5, 5.41) is 4.92. The molecular weight excluding hydrogens is 384 g/mol. The minimum absolute atomic E-state index is 0.00805. The van der Waals surface area contributed by atoms with Crippen molar-refractivity contribution in [3.63, 3.8) is 0 Å². The van der Waals surface area contributed by atoms with Crippen LogP contribution in [0.3, 0.4) is 0 Å². The maximum atomic E-state index is 12.6. The quantitative estimate of drug-likeness (QED) is 0.843. The Morgan fingerprint density at radius 3 is 2.66 bits per heavy atom. The van der Waals surface area contributed by atoms with Crippen molar-refractivity contribution >= 4 is 29.0 Å². The third-order valence-corrected chi connectivity index (χ3v) is 6.76. The van der Waals surface area contributed by atoms with E-state index >= 15 is 0 Å². The minimum Gasteiger partial charge on any atom is -0.370 e. The topological polar surface area (TPSA) is 55.9 Å². The minimum atomic E-state index is -0.141. The lowest BCUT2D eigenvalue weighted by atomic mass is 10.1. The molecule has 2 aromatic rings. The Morgan fingerprint density at radius 1 is 1.00 bits per heavy atom. The fraction of sp³-hybridized carbons (Fsp3) is 0.455.